The van der Waals surface area contributed by atoms with Gasteiger partial charge in [-0.15, -0.1) is 0 Å². The van der Waals surface area contributed by atoms with Crippen LogP contribution in [0.1, 0.15) is 11.1 Å². The third-order valence-corrected chi connectivity index (χ3v) is 3.44. The largest absolute Gasteiger partial charge is 0.392 e. The lowest BCUT2D eigenvalue weighted by Crippen LogP contribution is -1.92. The lowest BCUT2D eigenvalue weighted by Gasteiger charge is -2.00. The molecule has 0 aliphatic rings. The molecule has 106 valence electrons. The van der Waals surface area contributed by atoms with Gasteiger partial charge in [-0.25, -0.2) is 4.98 Å². The Hall–Kier alpha value is -2.73. The van der Waals surface area contributed by atoms with Gasteiger partial charge in [0, 0.05) is 35.2 Å². The molecule has 0 saturated heterocycles. The van der Waals surface area contributed by atoms with E-state index >= 15 is 0 Å². The molecule has 21 heavy (non-hydrogen) atoms. The van der Waals surface area contributed by atoms with Crippen molar-refractivity contribution < 1.29 is 10.0 Å². The molecule has 6 heteroatoms. The maximum Gasteiger partial charge on any atom is 0.272 e. The van der Waals surface area contributed by atoms with Gasteiger partial charge in [-0.3, -0.25) is 10.1 Å². The number of hydrogen-bond donors (Lipinski definition) is 1. The molecular weight excluding hydrogens is 270 g/mol. The molecule has 3 rings (SSSR count). The van der Waals surface area contributed by atoms with E-state index in [9.17, 15) is 15.2 Å². The number of imidazole rings is 1. The predicted octanol–water partition coefficient (Wildman–Crippen LogP) is 2.71. The molecule has 0 aliphatic heterocycles. The van der Waals surface area contributed by atoms with Crippen LogP contribution in [-0.2, 0) is 6.61 Å². The Kier molecular flexibility index (Phi) is 3.15. The van der Waals surface area contributed by atoms with Crippen LogP contribution in [0, 0.1) is 17.0 Å². The normalized spacial score (nSPS) is 11.0. The molecule has 2 heterocycles. The molecule has 0 unspecified atom stereocenters. The van der Waals surface area contributed by atoms with Crippen LogP contribution < -0.4 is 0 Å². The molecular formula is C15H13N3O3. The van der Waals surface area contributed by atoms with Gasteiger partial charge in [0.25, 0.3) is 5.69 Å². The molecule has 0 atom stereocenters. The smallest absolute Gasteiger partial charge is 0.272 e. The van der Waals surface area contributed by atoms with Gasteiger partial charge < -0.3 is 9.51 Å². The molecule has 0 aliphatic carbocycles. The Morgan fingerprint density at radius 1 is 1.38 bits per heavy atom. The van der Waals surface area contributed by atoms with Crippen molar-refractivity contribution in [1.29, 1.82) is 0 Å². The maximum absolute atomic E-state index is 11.0. The molecule has 1 aromatic carbocycles. The van der Waals surface area contributed by atoms with Gasteiger partial charge in [0.2, 0.25) is 0 Å². The summed E-state index contributed by atoms with van der Waals surface area (Å²) in [4.78, 5) is 15.1. The van der Waals surface area contributed by atoms with E-state index in [4.69, 9.17) is 0 Å². The quantitative estimate of drug-likeness (QED) is 0.592. The summed E-state index contributed by atoms with van der Waals surface area (Å²) in [6, 6.07) is 8.66. The van der Waals surface area contributed by atoms with Crippen molar-refractivity contribution in [2.24, 2.45) is 0 Å². The van der Waals surface area contributed by atoms with Crippen molar-refractivity contribution in [3.05, 3.63) is 64.0 Å². The molecule has 0 saturated carbocycles. The Morgan fingerprint density at radius 3 is 2.90 bits per heavy atom. The number of aliphatic hydroxyl groups is 1. The summed E-state index contributed by atoms with van der Waals surface area (Å²) in [6.45, 7) is 1.60. The lowest BCUT2D eigenvalue weighted by molar-refractivity contribution is -0.385. The number of nitro groups is 1. The first-order valence-electron chi connectivity index (χ1n) is 6.43. The van der Waals surface area contributed by atoms with Crippen molar-refractivity contribution >= 4 is 11.3 Å². The zero-order valence-corrected chi connectivity index (χ0v) is 11.4. The third kappa shape index (κ3) is 2.25. The highest BCUT2D eigenvalue weighted by Crippen LogP contribution is 2.27. The van der Waals surface area contributed by atoms with E-state index in [-0.39, 0.29) is 12.3 Å². The van der Waals surface area contributed by atoms with Crippen LogP contribution >= 0.6 is 0 Å². The van der Waals surface area contributed by atoms with E-state index in [1.807, 2.05) is 18.3 Å². The van der Waals surface area contributed by atoms with E-state index in [1.54, 1.807) is 29.7 Å². The number of pyridine rings is 1. The SMILES string of the molecule is Cc1ccc(-c2cn3cccc(CO)c3n2)cc1[N+](=O)[O-]. The van der Waals surface area contributed by atoms with Crippen molar-refractivity contribution in [1.82, 2.24) is 9.38 Å². The standard InChI is InChI=1S/C15H13N3O3/c1-10-4-5-11(7-14(10)18(20)21)13-8-17-6-2-3-12(9-19)15(17)16-13/h2-8,19H,9H2,1H3. The number of hydrogen-bond acceptors (Lipinski definition) is 4. The average Bonchev–Trinajstić information content (AvgIpc) is 2.91. The van der Waals surface area contributed by atoms with Crippen LogP contribution in [-0.4, -0.2) is 19.4 Å². The van der Waals surface area contributed by atoms with E-state index in [0.717, 1.165) is 0 Å². The Bertz CT molecular complexity index is 839. The highest BCUT2D eigenvalue weighted by atomic mass is 16.6. The first kappa shape index (κ1) is 13.3. The van der Waals surface area contributed by atoms with Crippen LogP contribution in [0.5, 0.6) is 0 Å². The summed E-state index contributed by atoms with van der Waals surface area (Å²) in [5, 5.41) is 20.4. The summed E-state index contributed by atoms with van der Waals surface area (Å²) in [5.74, 6) is 0. The molecule has 0 bridgehead atoms. The number of aromatic nitrogens is 2. The topological polar surface area (TPSA) is 80.7 Å². The predicted molar refractivity (Wildman–Crippen MR) is 77.9 cm³/mol. The first-order valence-corrected chi connectivity index (χ1v) is 6.43. The van der Waals surface area contributed by atoms with Gasteiger partial charge in [0.05, 0.1) is 17.2 Å². The summed E-state index contributed by atoms with van der Waals surface area (Å²) < 4.78 is 1.80. The number of aliphatic hydroxyl groups excluding tert-OH is 1. The van der Waals surface area contributed by atoms with Crippen molar-refractivity contribution in [3.8, 4) is 11.3 Å². The number of benzene rings is 1. The number of nitrogens with zero attached hydrogens (tertiary/aromatic N) is 3. The fourth-order valence-electron chi connectivity index (χ4n) is 2.30. The summed E-state index contributed by atoms with van der Waals surface area (Å²) in [5.41, 5.74) is 3.37. The van der Waals surface area contributed by atoms with E-state index < -0.39 is 4.92 Å². The number of nitro benzene ring substituents is 1. The van der Waals surface area contributed by atoms with Crippen LogP contribution in [0.4, 0.5) is 5.69 Å². The highest BCUT2D eigenvalue weighted by Gasteiger charge is 2.14. The van der Waals surface area contributed by atoms with Gasteiger partial charge in [0.1, 0.15) is 5.65 Å². The van der Waals surface area contributed by atoms with Gasteiger partial charge in [-0.1, -0.05) is 18.2 Å². The molecule has 2 aromatic heterocycles. The van der Waals surface area contributed by atoms with Gasteiger partial charge >= 0.3 is 0 Å². The summed E-state index contributed by atoms with van der Waals surface area (Å²) in [7, 11) is 0. The Balaban J connectivity index is 2.17. The Labute approximate surface area is 120 Å². The van der Waals surface area contributed by atoms with Crippen LogP contribution in [0.3, 0.4) is 0 Å². The van der Waals surface area contributed by atoms with Crippen molar-refractivity contribution in [3.63, 3.8) is 0 Å². The van der Waals surface area contributed by atoms with E-state index in [1.165, 1.54) is 6.07 Å². The first-order chi connectivity index (χ1) is 10.1. The Morgan fingerprint density at radius 2 is 2.19 bits per heavy atom. The highest BCUT2D eigenvalue weighted by molar-refractivity contribution is 5.67. The molecule has 0 spiro atoms. The minimum Gasteiger partial charge on any atom is -0.392 e. The minimum atomic E-state index is -0.395. The second kappa shape index (κ2) is 4.99. The van der Waals surface area contributed by atoms with Gasteiger partial charge in [-0.05, 0) is 13.0 Å². The molecule has 0 radical (unpaired) electrons. The summed E-state index contributed by atoms with van der Waals surface area (Å²) in [6.07, 6.45) is 3.62. The minimum absolute atomic E-state index is 0.0759. The molecule has 1 N–H and O–H groups in total. The fourth-order valence-corrected chi connectivity index (χ4v) is 2.30. The molecule has 0 fully saturated rings. The number of fused-ring (bicyclic) bond motifs is 1. The monoisotopic (exact) mass is 283 g/mol. The van der Waals surface area contributed by atoms with Crippen LogP contribution in [0.25, 0.3) is 16.9 Å². The lowest BCUT2D eigenvalue weighted by atomic mass is 10.1. The zero-order valence-electron chi connectivity index (χ0n) is 11.4. The van der Waals surface area contributed by atoms with Crippen molar-refractivity contribution in [2.45, 2.75) is 13.5 Å². The second-order valence-electron chi connectivity index (χ2n) is 4.81. The average molecular weight is 283 g/mol. The number of rotatable bonds is 3. The van der Waals surface area contributed by atoms with E-state index in [2.05, 4.69) is 4.98 Å². The molecule has 0 amide bonds. The maximum atomic E-state index is 11.0. The third-order valence-electron chi connectivity index (χ3n) is 3.44. The van der Waals surface area contributed by atoms with Crippen molar-refractivity contribution in [2.75, 3.05) is 0 Å². The van der Waals surface area contributed by atoms with E-state index in [0.29, 0.717) is 28.0 Å². The van der Waals surface area contributed by atoms with Crippen LogP contribution in [0.15, 0.2) is 42.7 Å². The summed E-state index contributed by atoms with van der Waals surface area (Å²) >= 11 is 0. The number of aryl methyl sites for hydroxylation is 1. The molecule has 3 aromatic rings. The van der Waals surface area contributed by atoms with Gasteiger partial charge in [-0.2, -0.15) is 0 Å². The molecule has 6 nitrogen and oxygen atoms in total. The second-order valence-corrected chi connectivity index (χ2v) is 4.81. The van der Waals surface area contributed by atoms with Crippen LogP contribution in [0.2, 0.25) is 0 Å². The zero-order chi connectivity index (χ0) is 15.0. The van der Waals surface area contributed by atoms with Gasteiger partial charge in [0.15, 0.2) is 0 Å². The fraction of sp³-hybridized carbons (Fsp3) is 0.133.